The van der Waals surface area contributed by atoms with Crippen molar-refractivity contribution >= 4 is 11.6 Å². The number of Topliss-reactive ketones (excluding diaryl/α,β-unsaturated/α-hetero) is 2. The van der Waals surface area contributed by atoms with E-state index in [1.807, 2.05) is 0 Å². The van der Waals surface area contributed by atoms with Gasteiger partial charge in [-0.1, -0.05) is 31.1 Å². The van der Waals surface area contributed by atoms with E-state index < -0.39 is 24.2 Å². The molecule has 5 fully saturated rings. The maximum absolute atomic E-state index is 13.7. The normalized spacial score (nSPS) is 39.7. The number of carbonyl (C=O) groups excluding carboxylic acids is 2. The van der Waals surface area contributed by atoms with Crippen LogP contribution in [0, 0.1) is 58.7 Å². The molecule has 3 saturated carbocycles. The summed E-state index contributed by atoms with van der Waals surface area (Å²) in [6.07, 6.45) is 16.7. The number of rotatable bonds is 13. The molecule has 0 radical (unpaired) electrons. The summed E-state index contributed by atoms with van der Waals surface area (Å²) in [7, 11) is 1.65. The van der Waals surface area contributed by atoms with Crippen LogP contribution in [0.15, 0.2) is 0 Å². The fourth-order valence-electron chi connectivity index (χ4n) is 11.6. The number of hydrogen-bond donors (Lipinski definition) is 6. The zero-order chi connectivity index (χ0) is 36.0. The SMILES string of the molecule is COC1CC2CCC(=O)[C@@H]([C@H](O)CCCC3([C@H]4CN[C@@H]5CC(=O)CC[C@H]5C4)CCCC3)C#C[C@@H](CC[C@H](O)CCC3CCNC(N)C3)C2CC1O. The van der Waals surface area contributed by atoms with E-state index in [9.17, 15) is 24.9 Å². The largest absolute Gasteiger partial charge is 0.393 e. The van der Waals surface area contributed by atoms with Gasteiger partial charge in [0.05, 0.1) is 30.6 Å². The third kappa shape index (κ3) is 10.0. The van der Waals surface area contributed by atoms with Gasteiger partial charge in [0.25, 0.3) is 0 Å². The number of fused-ring (bicyclic) bond motifs is 2. The second kappa shape index (κ2) is 18.3. The van der Waals surface area contributed by atoms with Crippen molar-refractivity contribution in [3.63, 3.8) is 0 Å². The monoisotopic (exact) mass is 712 g/mol. The van der Waals surface area contributed by atoms with Gasteiger partial charge in [0.1, 0.15) is 17.5 Å². The minimum Gasteiger partial charge on any atom is -0.393 e. The number of aliphatic hydroxyl groups is 3. The van der Waals surface area contributed by atoms with Crippen LogP contribution < -0.4 is 16.4 Å². The van der Waals surface area contributed by atoms with Gasteiger partial charge >= 0.3 is 0 Å². The molecular formula is C42H69N3O6. The molecule has 2 saturated heterocycles. The highest BCUT2D eigenvalue weighted by Crippen LogP contribution is 2.52. The van der Waals surface area contributed by atoms with Gasteiger partial charge in [0.15, 0.2) is 0 Å². The molecule has 6 rings (SSSR count). The smallest absolute Gasteiger partial charge is 0.150 e. The fourth-order valence-corrected chi connectivity index (χ4v) is 11.6. The van der Waals surface area contributed by atoms with Crippen LogP contribution in [0.3, 0.4) is 0 Å². The molecule has 9 heteroatoms. The van der Waals surface area contributed by atoms with Gasteiger partial charge in [-0.15, -0.1) is 0 Å². The highest BCUT2D eigenvalue weighted by Gasteiger charge is 2.46. The van der Waals surface area contributed by atoms with Crippen molar-refractivity contribution in [1.29, 1.82) is 0 Å². The first-order chi connectivity index (χ1) is 24.6. The van der Waals surface area contributed by atoms with Crippen LogP contribution in [0.2, 0.25) is 0 Å². The Morgan fingerprint density at radius 2 is 1.73 bits per heavy atom. The summed E-state index contributed by atoms with van der Waals surface area (Å²) < 4.78 is 5.66. The average molecular weight is 712 g/mol. The van der Waals surface area contributed by atoms with Crippen molar-refractivity contribution in [1.82, 2.24) is 10.6 Å². The standard InChI is InChI=1S/C42H69N3O6/c1-51-40-23-29-10-15-38(49)34(14-9-28(35(29)25-39(40)50)7-12-32(46)11-6-27-16-20-44-41(43)21-27)37(48)5-4-19-42(17-2-3-18-42)31-22-30-8-13-33(47)24-36(30)45-26-31/h27-32,34-37,39-41,44-46,48,50H,2-8,10-13,15-26,43H2,1H3/t27?,28-,29?,30+,31-,32-,34-,35?,36-,37-,39?,40?,41?/m1/s1. The molecule has 0 spiro atoms. The predicted molar refractivity (Wildman–Crippen MR) is 198 cm³/mol. The second-order valence-electron chi connectivity index (χ2n) is 17.9. The zero-order valence-electron chi connectivity index (χ0n) is 31.4. The Kier molecular flexibility index (Phi) is 14.1. The highest BCUT2D eigenvalue weighted by molar-refractivity contribution is 5.84. The number of carbonyl (C=O) groups is 2. The van der Waals surface area contributed by atoms with E-state index in [1.54, 1.807) is 7.11 Å². The van der Waals surface area contributed by atoms with E-state index in [0.717, 1.165) is 70.9 Å². The van der Waals surface area contributed by atoms with Crippen LogP contribution in [0.5, 0.6) is 0 Å². The van der Waals surface area contributed by atoms with E-state index in [2.05, 4.69) is 22.5 Å². The number of nitrogens with one attached hydrogen (secondary N) is 2. The molecule has 2 aliphatic heterocycles. The molecule has 4 aliphatic carbocycles. The van der Waals surface area contributed by atoms with E-state index in [0.29, 0.717) is 74.5 Å². The van der Waals surface area contributed by atoms with E-state index in [1.165, 1.54) is 32.1 Å². The molecular weight excluding hydrogens is 642 g/mol. The van der Waals surface area contributed by atoms with Crippen LogP contribution in [0.25, 0.3) is 0 Å². The van der Waals surface area contributed by atoms with Crippen LogP contribution in [-0.4, -0.2) is 83.7 Å². The Hall–Kier alpha value is -1.38. The van der Waals surface area contributed by atoms with Crippen molar-refractivity contribution < 1.29 is 29.6 Å². The van der Waals surface area contributed by atoms with Crippen molar-refractivity contribution in [2.75, 3.05) is 20.2 Å². The molecule has 2 heterocycles. The van der Waals surface area contributed by atoms with Gasteiger partial charge in [-0.2, -0.15) is 0 Å². The molecule has 288 valence electrons. The predicted octanol–water partition coefficient (Wildman–Crippen LogP) is 4.63. The summed E-state index contributed by atoms with van der Waals surface area (Å²) in [4.78, 5) is 25.8. The van der Waals surface area contributed by atoms with Crippen LogP contribution in [0.4, 0.5) is 0 Å². The Labute approximate surface area is 307 Å². The third-order valence-electron chi connectivity index (χ3n) is 14.7. The van der Waals surface area contributed by atoms with Crippen LogP contribution in [0.1, 0.15) is 135 Å². The summed E-state index contributed by atoms with van der Waals surface area (Å²) in [6, 6.07) is 0.356. The number of methoxy groups -OCH3 is 1. The average Bonchev–Trinajstić information content (AvgIpc) is 3.62. The molecule has 6 aliphatic rings. The van der Waals surface area contributed by atoms with Crippen LogP contribution >= 0.6 is 0 Å². The zero-order valence-corrected chi connectivity index (χ0v) is 31.4. The van der Waals surface area contributed by atoms with Gasteiger partial charge in [-0.25, -0.2) is 0 Å². The Bertz CT molecular complexity index is 1210. The van der Waals surface area contributed by atoms with Crippen molar-refractivity contribution in [2.24, 2.45) is 52.6 Å². The van der Waals surface area contributed by atoms with Crippen molar-refractivity contribution in [3.05, 3.63) is 0 Å². The topological polar surface area (TPSA) is 154 Å². The molecule has 0 bridgehead atoms. The lowest BCUT2D eigenvalue weighted by Crippen LogP contribution is -2.52. The first-order valence-corrected chi connectivity index (χ1v) is 21.0. The maximum atomic E-state index is 13.7. The minimum atomic E-state index is -0.790. The molecule has 0 aromatic heterocycles. The van der Waals surface area contributed by atoms with E-state index in [4.69, 9.17) is 10.5 Å². The first-order valence-electron chi connectivity index (χ1n) is 21.0. The lowest BCUT2D eigenvalue weighted by molar-refractivity contribution is -0.125. The van der Waals surface area contributed by atoms with Crippen LogP contribution in [-0.2, 0) is 14.3 Å². The molecule has 0 aromatic rings. The maximum Gasteiger partial charge on any atom is 0.150 e. The summed E-state index contributed by atoms with van der Waals surface area (Å²) in [6.45, 7) is 1.93. The number of hydrogen-bond acceptors (Lipinski definition) is 9. The van der Waals surface area contributed by atoms with Crippen molar-refractivity contribution in [3.8, 4) is 11.8 Å². The summed E-state index contributed by atoms with van der Waals surface area (Å²) >= 11 is 0. The number of ether oxygens (including phenoxy) is 1. The van der Waals surface area contributed by atoms with E-state index in [-0.39, 0.29) is 41.2 Å². The van der Waals surface area contributed by atoms with Gasteiger partial charge in [0.2, 0.25) is 0 Å². The Balaban J connectivity index is 1.08. The van der Waals surface area contributed by atoms with Gasteiger partial charge in [-0.05, 0) is 144 Å². The van der Waals surface area contributed by atoms with Gasteiger partial charge < -0.3 is 36.4 Å². The molecule has 0 aromatic carbocycles. The summed E-state index contributed by atoms with van der Waals surface area (Å²) in [5.41, 5.74) is 6.39. The van der Waals surface area contributed by atoms with Gasteiger partial charge in [-0.3, -0.25) is 9.59 Å². The minimum absolute atomic E-state index is 0.0413. The molecule has 9 nitrogen and oxygen atoms in total. The Morgan fingerprint density at radius 1 is 0.941 bits per heavy atom. The van der Waals surface area contributed by atoms with E-state index >= 15 is 0 Å². The number of aliphatic hydroxyl groups excluding tert-OH is 3. The number of ketones is 2. The second-order valence-corrected chi connectivity index (χ2v) is 17.9. The Morgan fingerprint density at radius 3 is 2.51 bits per heavy atom. The quantitative estimate of drug-likeness (QED) is 0.150. The number of piperidine rings is 2. The first kappa shape index (κ1) is 39.3. The molecule has 13 atom stereocenters. The molecule has 6 unspecified atom stereocenters. The van der Waals surface area contributed by atoms with Gasteiger partial charge in [0, 0.05) is 38.3 Å². The number of nitrogens with two attached hydrogens (primary N) is 1. The molecule has 51 heavy (non-hydrogen) atoms. The summed E-state index contributed by atoms with van der Waals surface area (Å²) in [5, 5.41) is 40.7. The lowest BCUT2D eigenvalue weighted by atomic mass is 9.63. The summed E-state index contributed by atoms with van der Waals surface area (Å²) in [5.74, 6) is 8.63. The molecule has 0 amide bonds. The van der Waals surface area contributed by atoms with Crippen molar-refractivity contribution in [2.45, 2.75) is 171 Å². The lowest BCUT2D eigenvalue weighted by Gasteiger charge is -2.47. The third-order valence-corrected chi connectivity index (χ3v) is 14.7. The highest BCUT2D eigenvalue weighted by atomic mass is 16.5. The molecule has 7 N–H and O–H groups in total. The fraction of sp³-hybridized carbons (Fsp3) is 0.905.